The molecule has 0 aromatic heterocycles. The molecule has 0 unspecified atom stereocenters. The van der Waals surface area contributed by atoms with E-state index in [1.807, 2.05) is 6.92 Å². The number of aliphatic carboxylic acids is 1. The molecule has 0 radical (unpaired) electrons. The maximum absolute atomic E-state index is 11.0. The second-order valence-electron chi connectivity index (χ2n) is 3.24. The van der Waals surface area contributed by atoms with E-state index in [-0.39, 0.29) is 6.42 Å². The Balaban J connectivity index is 3.16. The first-order valence-electron chi connectivity index (χ1n) is 4.90. The molecule has 0 aromatic rings. The van der Waals surface area contributed by atoms with E-state index in [2.05, 4.69) is 0 Å². The molecular weight excluding hydrogens is 168 g/mol. The van der Waals surface area contributed by atoms with Gasteiger partial charge in [0.25, 0.3) is 0 Å². The van der Waals surface area contributed by atoms with Gasteiger partial charge in [0.2, 0.25) is 0 Å². The van der Waals surface area contributed by atoms with Gasteiger partial charge >= 0.3 is 5.97 Å². The molecule has 0 aromatic carbocycles. The predicted octanol–water partition coefficient (Wildman–Crippen LogP) is 2.39. The molecule has 0 bridgehead atoms. The summed E-state index contributed by atoms with van der Waals surface area (Å²) in [6, 6.07) is 0. The highest BCUT2D eigenvalue weighted by atomic mass is 16.4. The Labute approximate surface area is 79.1 Å². The average molecular weight is 186 g/mol. The van der Waals surface area contributed by atoms with E-state index in [4.69, 9.17) is 5.11 Å². The van der Waals surface area contributed by atoms with Crippen molar-refractivity contribution in [2.45, 2.75) is 51.9 Å². The Hall–Kier alpha value is -0.860. The van der Waals surface area contributed by atoms with Crippen LogP contribution in [0.25, 0.3) is 0 Å². The molecule has 0 spiro atoms. The summed E-state index contributed by atoms with van der Waals surface area (Å²) in [4.78, 5) is 21.2. The van der Waals surface area contributed by atoms with Gasteiger partial charge in [-0.05, 0) is 19.3 Å². The number of hydrogen-bond acceptors (Lipinski definition) is 2. The van der Waals surface area contributed by atoms with E-state index in [1.165, 1.54) is 0 Å². The molecule has 3 heteroatoms. The first kappa shape index (κ1) is 12.1. The Bertz CT molecular complexity index is 164. The fourth-order valence-electron chi connectivity index (χ4n) is 1.18. The Morgan fingerprint density at radius 3 is 2.15 bits per heavy atom. The van der Waals surface area contributed by atoms with Crippen molar-refractivity contribution in [1.82, 2.24) is 0 Å². The third-order valence-electron chi connectivity index (χ3n) is 1.88. The Kier molecular flexibility index (Phi) is 7.26. The summed E-state index contributed by atoms with van der Waals surface area (Å²) in [5.41, 5.74) is 0. The normalized spacial score (nSPS) is 9.92. The van der Waals surface area contributed by atoms with E-state index < -0.39 is 5.97 Å². The standard InChI is InChI=1S/C10H18O3/c1-2-6-9(11)7-4-3-5-8-10(12)13/h2-8H2,1H3,(H,12,13). The molecule has 0 atom stereocenters. The maximum atomic E-state index is 11.0. The molecule has 13 heavy (non-hydrogen) atoms. The largest absolute Gasteiger partial charge is 0.481 e. The van der Waals surface area contributed by atoms with E-state index in [1.54, 1.807) is 0 Å². The smallest absolute Gasteiger partial charge is 0.303 e. The quantitative estimate of drug-likeness (QED) is 0.592. The lowest BCUT2D eigenvalue weighted by molar-refractivity contribution is -0.137. The van der Waals surface area contributed by atoms with Crippen molar-refractivity contribution in [3.8, 4) is 0 Å². The van der Waals surface area contributed by atoms with Crippen molar-refractivity contribution in [3.63, 3.8) is 0 Å². The molecule has 0 amide bonds. The molecule has 3 nitrogen and oxygen atoms in total. The lowest BCUT2D eigenvalue weighted by Gasteiger charge is -1.98. The highest BCUT2D eigenvalue weighted by Gasteiger charge is 2.00. The fourth-order valence-corrected chi connectivity index (χ4v) is 1.18. The third kappa shape index (κ3) is 9.05. The number of rotatable bonds is 8. The molecule has 0 saturated heterocycles. The van der Waals surface area contributed by atoms with Crippen LogP contribution in [-0.2, 0) is 9.59 Å². The van der Waals surface area contributed by atoms with Crippen LogP contribution >= 0.6 is 0 Å². The third-order valence-corrected chi connectivity index (χ3v) is 1.88. The van der Waals surface area contributed by atoms with E-state index in [9.17, 15) is 9.59 Å². The van der Waals surface area contributed by atoms with Gasteiger partial charge in [-0.15, -0.1) is 0 Å². The van der Waals surface area contributed by atoms with Gasteiger partial charge in [-0.3, -0.25) is 9.59 Å². The molecule has 0 saturated carbocycles. The second kappa shape index (κ2) is 7.77. The van der Waals surface area contributed by atoms with Gasteiger partial charge in [0.1, 0.15) is 5.78 Å². The first-order chi connectivity index (χ1) is 6.16. The number of carbonyl (C=O) groups is 2. The summed E-state index contributed by atoms with van der Waals surface area (Å²) in [6.45, 7) is 1.99. The number of hydrogen-bond donors (Lipinski definition) is 1. The van der Waals surface area contributed by atoms with Gasteiger partial charge in [-0.1, -0.05) is 13.3 Å². The van der Waals surface area contributed by atoms with Crippen molar-refractivity contribution >= 4 is 11.8 Å². The number of ketones is 1. The van der Waals surface area contributed by atoms with Gasteiger partial charge in [0.05, 0.1) is 0 Å². The molecule has 1 N–H and O–H groups in total. The fraction of sp³-hybridized carbons (Fsp3) is 0.800. The SMILES string of the molecule is CCCC(=O)CCCCCC(=O)O. The topological polar surface area (TPSA) is 54.4 Å². The molecule has 0 rings (SSSR count). The van der Waals surface area contributed by atoms with Crippen LogP contribution in [0, 0.1) is 0 Å². The Morgan fingerprint density at radius 2 is 1.62 bits per heavy atom. The van der Waals surface area contributed by atoms with Gasteiger partial charge in [0.15, 0.2) is 0 Å². The lowest BCUT2D eigenvalue weighted by Crippen LogP contribution is -1.97. The molecule has 0 aliphatic heterocycles. The van der Waals surface area contributed by atoms with Crippen LogP contribution < -0.4 is 0 Å². The highest BCUT2D eigenvalue weighted by molar-refractivity contribution is 5.78. The molecule has 76 valence electrons. The number of carboxylic acids is 1. The predicted molar refractivity (Wildman–Crippen MR) is 50.6 cm³/mol. The van der Waals surface area contributed by atoms with E-state index in [0.717, 1.165) is 19.3 Å². The zero-order chi connectivity index (χ0) is 10.1. The van der Waals surface area contributed by atoms with Crippen LogP contribution in [0.3, 0.4) is 0 Å². The minimum Gasteiger partial charge on any atom is -0.481 e. The van der Waals surface area contributed by atoms with Crippen molar-refractivity contribution in [2.24, 2.45) is 0 Å². The summed E-state index contributed by atoms with van der Waals surface area (Å²) in [6.07, 6.45) is 4.80. The van der Waals surface area contributed by atoms with Crippen molar-refractivity contribution in [3.05, 3.63) is 0 Å². The maximum Gasteiger partial charge on any atom is 0.303 e. The van der Waals surface area contributed by atoms with Gasteiger partial charge < -0.3 is 5.11 Å². The Morgan fingerprint density at radius 1 is 1.00 bits per heavy atom. The average Bonchev–Trinajstić information content (AvgIpc) is 2.03. The lowest BCUT2D eigenvalue weighted by atomic mass is 10.1. The van der Waals surface area contributed by atoms with Crippen molar-refractivity contribution in [2.75, 3.05) is 0 Å². The van der Waals surface area contributed by atoms with Crippen LogP contribution in [0.15, 0.2) is 0 Å². The second-order valence-corrected chi connectivity index (χ2v) is 3.24. The number of carbonyl (C=O) groups excluding carboxylic acids is 1. The van der Waals surface area contributed by atoms with Crippen LogP contribution in [0.4, 0.5) is 0 Å². The molecule has 0 heterocycles. The van der Waals surface area contributed by atoms with Crippen LogP contribution in [-0.4, -0.2) is 16.9 Å². The zero-order valence-corrected chi connectivity index (χ0v) is 8.21. The molecular formula is C10H18O3. The van der Waals surface area contributed by atoms with Crippen LogP contribution in [0.5, 0.6) is 0 Å². The zero-order valence-electron chi connectivity index (χ0n) is 8.21. The van der Waals surface area contributed by atoms with E-state index >= 15 is 0 Å². The highest BCUT2D eigenvalue weighted by Crippen LogP contribution is 2.05. The molecule has 0 fully saturated rings. The van der Waals surface area contributed by atoms with E-state index in [0.29, 0.717) is 25.0 Å². The molecule has 0 aliphatic carbocycles. The summed E-state index contributed by atoms with van der Waals surface area (Å²) in [5, 5.41) is 8.34. The summed E-state index contributed by atoms with van der Waals surface area (Å²) < 4.78 is 0. The van der Waals surface area contributed by atoms with Crippen molar-refractivity contribution < 1.29 is 14.7 Å². The molecule has 0 aliphatic rings. The summed E-state index contributed by atoms with van der Waals surface area (Å²) in [7, 11) is 0. The van der Waals surface area contributed by atoms with Gasteiger partial charge in [-0.2, -0.15) is 0 Å². The minimum atomic E-state index is -0.750. The number of unbranched alkanes of at least 4 members (excludes halogenated alkanes) is 2. The van der Waals surface area contributed by atoms with Gasteiger partial charge in [-0.25, -0.2) is 0 Å². The number of carboxylic acid groups (broad SMARTS) is 1. The first-order valence-corrected chi connectivity index (χ1v) is 4.90. The number of Topliss-reactive ketones (excluding diaryl/α,β-unsaturated/α-hetero) is 1. The summed E-state index contributed by atoms with van der Waals surface area (Å²) >= 11 is 0. The van der Waals surface area contributed by atoms with Crippen LogP contribution in [0.1, 0.15) is 51.9 Å². The van der Waals surface area contributed by atoms with Crippen LogP contribution in [0.2, 0.25) is 0 Å². The van der Waals surface area contributed by atoms with Gasteiger partial charge in [0, 0.05) is 19.3 Å². The summed E-state index contributed by atoms with van der Waals surface area (Å²) in [5.74, 6) is -0.447. The van der Waals surface area contributed by atoms with Crippen molar-refractivity contribution in [1.29, 1.82) is 0 Å². The monoisotopic (exact) mass is 186 g/mol. The minimum absolute atomic E-state index is 0.224.